The minimum Gasteiger partial charge on any atom is -0.478 e. The van der Waals surface area contributed by atoms with Crippen molar-refractivity contribution in [2.75, 3.05) is 6.54 Å². The average molecular weight is 363 g/mol. The number of carbonyl (C=O) groups is 2. The Kier molecular flexibility index (Phi) is 5.92. The van der Waals surface area contributed by atoms with Crippen LogP contribution in [0.2, 0.25) is 0 Å². The summed E-state index contributed by atoms with van der Waals surface area (Å²) in [5.41, 5.74) is -0.408. The minimum absolute atomic E-state index is 0.172. The van der Waals surface area contributed by atoms with E-state index in [9.17, 15) is 23.5 Å². The molecule has 0 aliphatic rings. The van der Waals surface area contributed by atoms with E-state index in [1.54, 1.807) is 13.8 Å². The average Bonchev–Trinajstić information content (AvgIpc) is 2.60. The number of aliphatic carboxylic acids is 1. The van der Waals surface area contributed by atoms with Gasteiger partial charge < -0.3 is 15.2 Å². The van der Waals surface area contributed by atoms with Gasteiger partial charge in [0.05, 0.1) is 12.0 Å². The molecule has 5 nitrogen and oxygen atoms in total. The van der Waals surface area contributed by atoms with Crippen LogP contribution in [-0.2, 0) is 15.0 Å². The van der Waals surface area contributed by atoms with Gasteiger partial charge in [-0.25, -0.2) is 13.6 Å². The molecular weight excluding hydrogens is 344 g/mol. The third-order valence-electron chi connectivity index (χ3n) is 3.95. The maximum atomic E-state index is 13.0. The van der Waals surface area contributed by atoms with Crippen LogP contribution in [-0.4, -0.2) is 29.6 Å². The first-order valence-electron chi connectivity index (χ1n) is 7.89. The molecule has 0 fully saturated rings. The van der Waals surface area contributed by atoms with Gasteiger partial charge in [0, 0.05) is 0 Å². The van der Waals surface area contributed by atoms with Crippen molar-refractivity contribution < 1.29 is 28.2 Å². The second-order valence-corrected chi connectivity index (χ2v) is 6.24. The summed E-state index contributed by atoms with van der Waals surface area (Å²) in [5.74, 6) is -2.42. The summed E-state index contributed by atoms with van der Waals surface area (Å²) in [6.07, 6.45) is -1.34. The third kappa shape index (κ3) is 4.78. The van der Waals surface area contributed by atoms with Gasteiger partial charge in [0.2, 0.25) is 12.0 Å². The van der Waals surface area contributed by atoms with Crippen molar-refractivity contribution in [2.45, 2.75) is 25.4 Å². The lowest BCUT2D eigenvalue weighted by molar-refractivity contribution is -0.145. The molecule has 138 valence electrons. The summed E-state index contributed by atoms with van der Waals surface area (Å²) in [5, 5.41) is 11.8. The maximum absolute atomic E-state index is 13.0. The molecule has 1 unspecified atom stereocenters. The normalized spacial score (nSPS) is 12.3. The SMILES string of the molecule is CC(C)(C(=O)NCC(Oc1ccc(F)cc1)C(=O)O)c1ccc(F)cc1. The summed E-state index contributed by atoms with van der Waals surface area (Å²) in [7, 11) is 0. The highest BCUT2D eigenvalue weighted by Crippen LogP contribution is 2.23. The van der Waals surface area contributed by atoms with Crippen molar-refractivity contribution in [1.29, 1.82) is 0 Å². The van der Waals surface area contributed by atoms with E-state index in [2.05, 4.69) is 5.32 Å². The van der Waals surface area contributed by atoms with Gasteiger partial charge >= 0.3 is 5.97 Å². The molecular formula is C19H19F2NO4. The molecule has 0 aliphatic heterocycles. The van der Waals surface area contributed by atoms with Crippen LogP contribution in [0, 0.1) is 11.6 Å². The third-order valence-corrected chi connectivity index (χ3v) is 3.95. The van der Waals surface area contributed by atoms with Gasteiger partial charge in [0.25, 0.3) is 0 Å². The summed E-state index contributed by atoms with van der Waals surface area (Å²) in [4.78, 5) is 23.8. The summed E-state index contributed by atoms with van der Waals surface area (Å²) in [6.45, 7) is 3.01. The predicted molar refractivity (Wildman–Crippen MR) is 90.9 cm³/mol. The Morgan fingerprint density at radius 1 is 1.04 bits per heavy atom. The van der Waals surface area contributed by atoms with E-state index in [0.717, 1.165) is 12.1 Å². The van der Waals surface area contributed by atoms with Gasteiger partial charge in [-0.2, -0.15) is 0 Å². The highest BCUT2D eigenvalue weighted by atomic mass is 19.1. The number of hydrogen-bond acceptors (Lipinski definition) is 3. The quantitative estimate of drug-likeness (QED) is 0.793. The Labute approximate surface area is 149 Å². The molecule has 1 amide bonds. The van der Waals surface area contributed by atoms with Crippen molar-refractivity contribution in [2.24, 2.45) is 0 Å². The van der Waals surface area contributed by atoms with Gasteiger partial charge in [-0.15, -0.1) is 0 Å². The van der Waals surface area contributed by atoms with E-state index in [0.29, 0.717) is 5.56 Å². The number of benzene rings is 2. The van der Waals surface area contributed by atoms with Crippen LogP contribution < -0.4 is 10.1 Å². The van der Waals surface area contributed by atoms with E-state index in [1.807, 2.05) is 0 Å². The predicted octanol–water partition coefficient (Wildman–Crippen LogP) is 2.89. The fourth-order valence-corrected chi connectivity index (χ4v) is 2.26. The molecule has 2 aromatic rings. The highest BCUT2D eigenvalue weighted by molar-refractivity contribution is 5.87. The first kappa shape index (κ1) is 19.4. The first-order chi connectivity index (χ1) is 12.2. The molecule has 2 N–H and O–H groups in total. The summed E-state index contributed by atoms with van der Waals surface area (Å²) < 4.78 is 31.2. The van der Waals surface area contributed by atoms with Crippen molar-refractivity contribution in [1.82, 2.24) is 5.32 Å². The van der Waals surface area contributed by atoms with Crippen LogP contribution in [0.15, 0.2) is 48.5 Å². The molecule has 0 saturated heterocycles. The number of halogens is 2. The number of hydrogen-bond donors (Lipinski definition) is 2. The maximum Gasteiger partial charge on any atom is 0.346 e. The molecule has 7 heteroatoms. The van der Waals surface area contributed by atoms with E-state index < -0.39 is 35.0 Å². The second kappa shape index (κ2) is 7.95. The van der Waals surface area contributed by atoms with Gasteiger partial charge in [-0.1, -0.05) is 12.1 Å². The summed E-state index contributed by atoms with van der Waals surface area (Å²) >= 11 is 0. The fourth-order valence-electron chi connectivity index (χ4n) is 2.26. The lowest BCUT2D eigenvalue weighted by Crippen LogP contribution is -2.46. The van der Waals surface area contributed by atoms with Crippen molar-refractivity contribution in [3.8, 4) is 5.75 Å². The Morgan fingerprint density at radius 3 is 2.04 bits per heavy atom. The number of nitrogens with one attached hydrogen (secondary N) is 1. The fraction of sp³-hybridized carbons (Fsp3) is 0.263. The van der Waals surface area contributed by atoms with Gasteiger partial charge in [0.15, 0.2) is 0 Å². The molecule has 0 aliphatic carbocycles. The Balaban J connectivity index is 2.03. The lowest BCUT2D eigenvalue weighted by Gasteiger charge is -2.25. The smallest absolute Gasteiger partial charge is 0.346 e. The number of carboxylic acids is 1. The zero-order valence-electron chi connectivity index (χ0n) is 14.3. The van der Waals surface area contributed by atoms with E-state index in [-0.39, 0.29) is 12.3 Å². The molecule has 0 spiro atoms. The molecule has 0 aromatic heterocycles. The molecule has 0 saturated carbocycles. The van der Waals surface area contributed by atoms with Crippen molar-refractivity contribution in [3.05, 3.63) is 65.7 Å². The highest BCUT2D eigenvalue weighted by Gasteiger charge is 2.31. The molecule has 0 heterocycles. The van der Waals surface area contributed by atoms with Crippen LogP contribution in [0.4, 0.5) is 8.78 Å². The number of carboxylic acid groups (broad SMARTS) is 1. The van der Waals surface area contributed by atoms with Crippen molar-refractivity contribution in [3.63, 3.8) is 0 Å². The van der Waals surface area contributed by atoms with Crippen LogP contribution >= 0.6 is 0 Å². The molecule has 2 rings (SSSR count). The number of ether oxygens (including phenoxy) is 1. The van der Waals surface area contributed by atoms with E-state index in [4.69, 9.17) is 4.74 Å². The Bertz CT molecular complexity index is 773. The molecule has 0 radical (unpaired) electrons. The van der Waals surface area contributed by atoms with E-state index >= 15 is 0 Å². The largest absolute Gasteiger partial charge is 0.478 e. The van der Waals surface area contributed by atoms with E-state index in [1.165, 1.54) is 36.4 Å². The minimum atomic E-state index is -1.34. The van der Waals surface area contributed by atoms with Gasteiger partial charge in [-0.3, -0.25) is 4.79 Å². The second-order valence-electron chi connectivity index (χ2n) is 6.24. The van der Waals surface area contributed by atoms with Crippen LogP contribution in [0.3, 0.4) is 0 Å². The first-order valence-corrected chi connectivity index (χ1v) is 7.89. The molecule has 2 aromatic carbocycles. The standard InChI is InChI=1S/C19H19F2NO4/c1-19(2,12-3-5-13(20)6-4-12)18(25)22-11-16(17(23)24)26-15-9-7-14(21)8-10-15/h3-10,16H,11H2,1-2H3,(H,22,25)(H,23,24). The Hall–Kier alpha value is -2.96. The van der Waals surface area contributed by atoms with Crippen LogP contribution in [0.1, 0.15) is 19.4 Å². The van der Waals surface area contributed by atoms with Gasteiger partial charge in [-0.05, 0) is 55.8 Å². The topological polar surface area (TPSA) is 75.6 Å². The van der Waals surface area contributed by atoms with Crippen LogP contribution in [0.5, 0.6) is 5.75 Å². The zero-order valence-corrected chi connectivity index (χ0v) is 14.3. The lowest BCUT2D eigenvalue weighted by atomic mass is 9.83. The molecule has 26 heavy (non-hydrogen) atoms. The molecule has 0 bridgehead atoms. The van der Waals surface area contributed by atoms with Gasteiger partial charge in [0.1, 0.15) is 17.4 Å². The zero-order chi connectivity index (χ0) is 19.3. The molecule has 1 atom stereocenters. The Morgan fingerprint density at radius 2 is 1.54 bits per heavy atom. The number of carbonyl (C=O) groups excluding carboxylic acids is 1. The summed E-state index contributed by atoms with van der Waals surface area (Å²) in [6, 6.07) is 10.4. The monoisotopic (exact) mass is 363 g/mol. The number of rotatable bonds is 7. The van der Waals surface area contributed by atoms with Crippen molar-refractivity contribution >= 4 is 11.9 Å². The van der Waals surface area contributed by atoms with Crippen LogP contribution in [0.25, 0.3) is 0 Å². The number of amides is 1.